The fourth-order valence-corrected chi connectivity index (χ4v) is 3.94. The summed E-state index contributed by atoms with van der Waals surface area (Å²) in [5.74, 6) is 0.832. The average Bonchev–Trinajstić information content (AvgIpc) is 2.64. The lowest BCUT2D eigenvalue weighted by Crippen LogP contribution is -2.39. The van der Waals surface area contributed by atoms with Crippen LogP contribution in [0.25, 0.3) is 0 Å². The highest BCUT2D eigenvalue weighted by atomic mass is 16.5. The van der Waals surface area contributed by atoms with Gasteiger partial charge in [-0.2, -0.15) is 0 Å². The van der Waals surface area contributed by atoms with Crippen molar-refractivity contribution < 1.29 is 4.74 Å². The van der Waals surface area contributed by atoms with E-state index in [-0.39, 0.29) is 0 Å². The van der Waals surface area contributed by atoms with Crippen LogP contribution < -0.4 is 0 Å². The van der Waals surface area contributed by atoms with Crippen LogP contribution in [0.3, 0.4) is 0 Å². The summed E-state index contributed by atoms with van der Waals surface area (Å²) in [5.41, 5.74) is 3.51. The number of hydrogen-bond acceptors (Lipinski definition) is 1. The molecule has 1 fully saturated rings. The number of methoxy groups -OCH3 is 1. The fraction of sp³-hybridized carbons (Fsp3) is 0.600. The number of hydrogen-bond donors (Lipinski definition) is 0. The Morgan fingerprint density at radius 2 is 2.19 bits per heavy atom. The third-order valence-electron chi connectivity index (χ3n) is 4.63. The minimum Gasteiger partial charge on any atom is -0.384 e. The molecule has 1 nitrogen and oxygen atoms in total. The van der Waals surface area contributed by atoms with Crippen molar-refractivity contribution >= 4 is 0 Å². The summed E-state index contributed by atoms with van der Waals surface area (Å²) in [6.45, 7) is 0.911. The number of ether oxygens (including phenoxy) is 1. The molecule has 3 rings (SSSR count). The molecule has 0 heterocycles. The maximum atomic E-state index is 5.54. The third-order valence-corrected chi connectivity index (χ3v) is 4.63. The molecule has 0 saturated heterocycles. The van der Waals surface area contributed by atoms with E-state index in [1.54, 1.807) is 11.1 Å². The van der Waals surface area contributed by atoms with Crippen molar-refractivity contribution in [1.82, 2.24) is 0 Å². The molecule has 2 aliphatic carbocycles. The van der Waals surface area contributed by atoms with Crippen LogP contribution >= 0.6 is 0 Å². The van der Waals surface area contributed by atoms with Crippen LogP contribution in [0.5, 0.6) is 0 Å². The Hall–Kier alpha value is -0.820. The molecule has 0 bridgehead atoms. The van der Waals surface area contributed by atoms with Gasteiger partial charge in [0.05, 0.1) is 6.61 Å². The molecular formula is C15H20O. The summed E-state index contributed by atoms with van der Waals surface area (Å²) in [6, 6.07) is 9.01. The van der Waals surface area contributed by atoms with Gasteiger partial charge in [0.1, 0.15) is 0 Å². The van der Waals surface area contributed by atoms with E-state index in [2.05, 4.69) is 24.3 Å². The maximum absolute atomic E-state index is 5.54. The summed E-state index contributed by atoms with van der Waals surface area (Å²) in [4.78, 5) is 0. The minimum absolute atomic E-state index is 0.351. The van der Waals surface area contributed by atoms with Gasteiger partial charge in [0.25, 0.3) is 0 Å². The fourth-order valence-electron chi connectivity index (χ4n) is 3.94. The van der Waals surface area contributed by atoms with Gasteiger partial charge >= 0.3 is 0 Å². The molecular weight excluding hydrogens is 196 g/mol. The van der Waals surface area contributed by atoms with Crippen molar-refractivity contribution in [2.45, 2.75) is 37.5 Å². The lowest BCUT2D eigenvalue weighted by atomic mass is 9.66. The maximum Gasteiger partial charge on any atom is 0.0562 e. The summed E-state index contributed by atoms with van der Waals surface area (Å²) in [5, 5.41) is 0. The molecule has 0 N–H and O–H groups in total. The van der Waals surface area contributed by atoms with Crippen molar-refractivity contribution in [3.8, 4) is 0 Å². The SMILES string of the molecule is COC[C@@]12CCCC[C@@H]1Cc1ccccc12. The van der Waals surface area contributed by atoms with Crippen LogP contribution in [0.15, 0.2) is 24.3 Å². The van der Waals surface area contributed by atoms with Gasteiger partial charge in [-0.3, -0.25) is 0 Å². The van der Waals surface area contributed by atoms with Crippen molar-refractivity contribution in [3.63, 3.8) is 0 Å². The van der Waals surface area contributed by atoms with E-state index >= 15 is 0 Å². The summed E-state index contributed by atoms with van der Waals surface area (Å²) >= 11 is 0. The number of rotatable bonds is 2. The molecule has 2 atom stereocenters. The zero-order chi connectivity index (χ0) is 11.0. The molecule has 1 heteroatoms. The van der Waals surface area contributed by atoms with Gasteiger partial charge < -0.3 is 4.74 Å². The van der Waals surface area contributed by atoms with Crippen molar-refractivity contribution in [2.75, 3.05) is 13.7 Å². The normalized spacial score (nSPS) is 32.2. The molecule has 0 radical (unpaired) electrons. The minimum atomic E-state index is 0.351. The highest BCUT2D eigenvalue weighted by Crippen LogP contribution is 2.51. The van der Waals surface area contributed by atoms with Gasteiger partial charge in [-0.1, -0.05) is 37.1 Å². The largest absolute Gasteiger partial charge is 0.384 e. The van der Waals surface area contributed by atoms with Crippen LogP contribution in [-0.2, 0) is 16.6 Å². The quantitative estimate of drug-likeness (QED) is 0.737. The molecule has 86 valence electrons. The Kier molecular flexibility index (Phi) is 2.51. The molecule has 1 aromatic carbocycles. The second-order valence-corrected chi connectivity index (χ2v) is 5.39. The molecule has 0 aromatic heterocycles. The second-order valence-electron chi connectivity index (χ2n) is 5.39. The van der Waals surface area contributed by atoms with Gasteiger partial charge in [-0.05, 0) is 36.3 Å². The lowest BCUT2D eigenvalue weighted by molar-refractivity contribution is 0.0721. The van der Waals surface area contributed by atoms with E-state index in [4.69, 9.17) is 4.74 Å². The lowest BCUT2D eigenvalue weighted by Gasteiger charge is -2.39. The first-order valence-electron chi connectivity index (χ1n) is 6.44. The van der Waals surface area contributed by atoms with E-state index in [1.807, 2.05) is 7.11 Å². The zero-order valence-electron chi connectivity index (χ0n) is 10.0. The van der Waals surface area contributed by atoms with Crippen molar-refractivity contribution in [3.05, 3.63) is 35.4 Å². The topological polar surface area (TPSA) is 9.23 Å². The Balaban J connectivity index is 2.06. The molecule has 16 heavy (non-hydrogen) atoms. The summed E-state index contributed by atoms with van der Waals surface area (Å²) < 4.78 is 5.54. The molecule has 1 aromatic rings. The number of fused-ring (bicyclic) bond motifs is 3. The van der Waals surface area contributed by atoms with Crippen LogP contribution in [0.1, 0.15) is 36.8 Å². The van der Waals surface area contributed by atoms with Gasteiger partial charge in [-0.15, -0.1) is 0 Å². The first-order valence-corrected chi connectivity index (χ1v) is 6.44. The van der Waals surface area contributed by atoms with Gasteiger partial charge in [0, 0.05) is 12.5 Å². The highest BCUT2D eigenvalue weighted by Gasteiger charge is 2.47. The standard InChI is InChI=1S/C15H20O/c1-16-11-15-9-5-4-7-13(15)10-12-6-2-3-8-14(12)15/h2-3,6,8,13H,4-5,7,9-11H2,1H3/t13-,15+/m1/s1. The number of benzene rings is 1. The van der Waals surface area contributed by atoms with E-state index in [0.717, 1.165) is 12.5 Å². The van der Waals surface area contributed by atoms with Crippen LogP contribution in [0.4, 0.5) is 0 Å². The van der Waals surface area contributed by atoms with Crippen LogP contribution in [-0.4, -0.2) is 13.7 Å². The molecule has 2 aliphatic rings. The smallest absolute Gasteiger partial charge is 0.0562 e. The Morgan fingerprint density at radius 1 is 1.31 bits per heavy atom. The van der Waals surface area contributed by atoms with E-state index in [0.29, 0.717) is 5.41 Å². The van der Waals surface area contributed by atoms with E-state index in [1.165, 1.54) is 32.1 Å². The first-order chi connectivity index (χ1) is 7.87. The zero-order valence-corrected chi connectivity index (χ0v) is 10.0. The third kappa shape index (κ3) is 1.34. The van der Waals surface area contributed by atoms with Crippen molar-refractivity contribution in [2.24, 2.45) is 5.92 Å². The molecule has 1 saturated carbocycles. The van der Waals surface area contributed by atoms with Gasteiger partial charge in [0.15, 0.2) is 0 Å². The molecule has 0 spiro atoms. The van der Waals surface area contributed by atoms with E-state index < -0.39 is 0 Å². The monoisotopic (exact) mass is 216 g/mol. The predicted octanol–water partition coefficient (Wildman–Crippen LogP) is 3.32. The Labute approximate surface area is 97.8 Å². The van der Waals surface area contributed by atoms with Crippen molar-refractivity contribution in [1.29, 1.82) is 0 Å². The van der Waals surface area contributed by atoms with E-state index in [9.17, 15) is 0 Å². The second kappa shape index (κ2) is 3.89. The molecule has 0 aliphatic heterocycles. The van der Waals surface area contributed by atoms with Gasteiger partial charge in [0.2, 0.25) is 0 Å². The van der Waals surface area contributed by atoms with Gasteiger partial charge in [-0.25, -0.2) is 0 Å². The Bertz CT molecular complexity index is 381. The Morgan fingerprint density at radius 3 is 3.06 bits per heavy atom. The van der Waals surface area contributed by atoms with Crippen LogP contribution in [0.2, 0.25) is 0 Å². The average molecular weight is 216 g/mol. The summed E-state index contributed by atoms with van der Waals surface area (Å²) in [6.07, 6.45) is 6.76. The summed E-state index contributed by atoms with van der Waals surface area (Å²) in [7, 11) is 1.85. The highest BCUT2D eigenvalue weighted by molar-refractivity contribution is 5.41. The van der Waals surface area contributed by atoms with Crippen LogP contribution in [0, 0.1) is 5.92 Å². The molecule has 0 amide bonds. The first kappa shape index (κ1) is 10.3. The molecule has 0 unspecified atom stereocenters. The predicted molar refractivity (Wildman–Crippen MR) is 65.7 cm³/mol.